The van der Waals surface area contributed by atoms with Crippen molar-refractivity contribution in [3.8, 4) is 11.4 Å². The third-order valence-electron chi connectivity index (χ3n) is 3.72. The molecule has 0 aliphatic rings. The maximum atomic E-state index is 11.7. The van der Waals surface area contributed by atoms with Crippen LogP contribution in [-0.2, 0) is 16.0 Å². The zero-order valence-corrected chi connectivity index (χ0v) is 14.5. The molecule has 0 atom stereocenters. The number of aromatic nitrogens is 2. The molecule has 6 heteroatoms. The molecule has 0 aliphatic heterocycles. The fraction of sp³-hybridized carbons (Fsp3) is 0.500. The van der Waals surface area contributed by atoms with Crippen LogP contribution in [0.15, 0.2) is 28.8 Å². The zero-order valence-electron chi connectivity index (χ0n) is 14.5. The minimum atomic E-state index is -0.0212. The van der Waals surface area contributed by atoms with E-state index in [1.54, 1.807) is 7.11 Å². The van der Waals surface area contributed by atoms with E-state index in [9.17, 15) is 4.79 Å². The molecular weight excluding hydrogens is 306 g/mol. The quantitative estimate of drug-likeness (QED) is 0.715. The van der Waals surface area contributed by atoms with Crippen molar-refractivity contribution in [1.29, 1.82) is 0 Å². The summed E-state index contributed by atoms with van der Waals surface area (Å²) >= 11 is 0. The second-order valence-electron chi connectivity index (χ2n) is 5.98. The summed E-state index contributed by atoms with van der Waals surface area (Å²) in [4.78, 5) is 16.1. The van der Waals surface area contributed by atoms with Gasteiger partial charge in [0.25, 0.3) is 0 Å². The number of aryl methyl sites for hydroxylation is 1. The highest BCUT2D eigenvalue weighted by molar-refractivity contribution is 5.75. The lowest BCUT2D eigenvalue weighted by molar-refractivity contribution is -0.121. The van der Waals surface area contributed by atoms with Crippen LogP contribution in [0.25, 0.3) is 11.4 Å². The number of carbonyl (C=O) groups is 1. The summed E-state index contributed by atoms with van der Waals surface area (Å²) in [6.07, 6.45) is 1.58. The number of nitrogens with zero attached hydrogens (tertiary/aromatic N) is 2. The maximum absolute atomic E-state index is 11.7. The summed E-state index contributed by atoms with van der Waals surface area (Å²) in [6.45, 7) is 5.57. The van der Waals surface area contributed by atoms with Crippen LogP contribution >= 0.6 is 0 Å². The topological polar surface area (TPSA) is 77.2 Å². The molecule has 0 radical (unpaired) electrons. The first-order valence-electron chi connectivity index (χ1n) is 8.28. The number of methoxy groups -OCH3 is 1. The molecule has 24 heavy (non-hydrogen) atoms. The molecule has 1 amide bonds. The highest BCUT2D eigenvalue weighted by Crippen LogP contribution is 2.20. The van der Waals surface area contributed by atoms with E-state index in [0.717, 1.165) is 12.0 Å². The molecule has 0 unspecified atom stereocenters. The Morgan fingerprint density at radius 3 is 2.71 bits per heavy atom. The van der Waals surface area contributed by atoms with Gasteiger partial charge in [-0.05, 0) is 17.9 Å². The van der Waals surface area contributed by atoms with Gasteiger partial charge in [0.2, 0.25) is 17.6 Å². The van der Waals surface area contributed by atoms with Crippen molar-refractivity contribution in [3.05, 3.63) is 35.7 Å². The summed E-state index contributed by atoms with van der Waals surface area (Å²) in [5, 5.41) is 6.83. The average Bonchev–Trinajstić information content (AvgIpc) is 3.06. The van der Waals surface area contributed by atoms with Crippen LogP contribution in [0.3, 0.4) is 0 Å². The molecule has 2 aromatic rings. The van der Waals surface area contributed by atoms with Crippen molar-refractivity contribution in [2.75, 3.05) is 20.3 Å². The standard InChI is InChI=1S/C18H25N3O3/c1-13(2)14-5-7-15(8-6-14)18-20-17(24-21-18)10-9-16(22)19-11-4-12-23-3/h5-8,13H,4,9-12H2,1-3H3,(H,19,22). The number of amides is 1. The molecule has 1 aromatic heterocycles. The van der Waals surface area contributed by atoms with Crippen LogP contribution < -0.4 is 5.32 Å². The second-order valence-corrected chi connectivity index (χ2v) is 5.98. The fourth-order valence-electron chi connectivity index (χ4n) is 2.24. The van der Waals surface area contributed by atoms with Crippen LogP contribution in [-0.4, -0.2) is 36.3 Å². The van der Waals surface area contributed by atoms with E-state index in [-0.39, 0.29) is 5.91 Å². The van der Waals surface area contributed by atoms with Gasteiger partial charge in [0, 0.05) is 38.7 Å². The summed E-state index contributed by atoms with van der Waals surface area (Å²) in [5.41, 5.74) is 2.19. The third-order valence-corrected chi connectivity index (χ3v) is 3.72. The number of carbonyl (C=O) groups excluding carboxylic acids is 1. The van der Waals surface area contributed by atoms with Gasteiger partial charge in [0.15, 0.2) is 0 Å². The van der Waals surface area contributed by atoms with Gasteiger partial charge in [-0.25, -0.2) is 0 Å². The van der Waals surface area contributed by atoms with Crippen LogP contribution in [0.2, 0.25) is 0 Å². The molecule has 0 bridgehead atoms. The normalized spacial score (nSPS) is 11.0. The largest absolute Gasteiger partial charge is 0.385 e. The first-order valence-corrected chi connectivity index (χ1v) is 8.28. The SMILES string of the molecule is COCCCNC(=O)CCc1nc(-c2ccc(C(C)C)cc2)no1. The summed E-state index contributed by atoms with van der Waals surface area (Å²) in [7, 11) is 1.64. The Labute approximate surface area is 142 Å². The van der Waals surface area contributed by atoms with E-state index in [4.69, 9.17) is 9.26 Å². The molecule has 130 valence electrons. The minimum Gasteiger partial charge on any atom is -0.385 e. The van der Waals surface area contributed by atoms with Gasteiger partial charge < -0.3 is 14.6 Å². The first-order chi connectivity index (χ1) is 11.6. The predicted molar refractivity (Wildman–Crippen MR) is 91.6 cm³/mol. The summed E-state index contributed by atoms with van der Waals surface area (Å²) < 4.78 is 10.2. The Morgan fingerprint density at radius 2 is 2.04 bits per heavy atom. The van der Waals surface area contributed by atoms with E-state index < -0.39 is 0 Å². The summed E-state index contributed by atoms with van der Waals surface area (Å²) in [5.74, 6) is 1.50. The monoisotopic (exact) mass is 331 g/mol. The highest BCUT2D eigenvalue weighted by atomic mass is 16.5. The lowest BCUT2D eigenvalue weighted by Gasteiger charge is -2.04. The van der Waals surface area contributed by atoms with E-state index in [1.165, 1.54) is 5.56 Å². The van der Waals surface area contributed by atoms with Crippen LogP contribution in [0.1, 0.15) is 44.1 Å². The number of nitrogens with one attached hydrogen (secondary N) is 1. The van der Waals surface area contributed by atoms with Crippen molar-refractivity contribution in [3.63, 3.8) is 0 Å². The van der Waals surface area contributed by atoms with Gasteiger partial charge in [-0.3, -0.25) is 4.79 Å². The van der Waals surface area contributed by atoms with Gasteiger partial charge in [-0.2, -0.15) is 4.98 Å². The van der Waals surface area contributed by atoms with E-state index >= 15 is 0 Å². The molecule has 2 rings (SSSR count). The van der Waals surface area contributed by atoms with Crippen LogP contribution in [0, 0.1) is 0 Å². The maximum Gasteiger partial charge on any atom is 0.227 e. The number of benzene rings is 1. The number of rotatable bonds is 9. The molecule has 6 nitrogen and oxygen atoms in total. The first kappa shape index (κ1) is 18.1. The molecule has 0 saturated heterocycles. The smallest absolute Gasteiger partial charge is 0.227 e. The van der Waals surface area contributed by atoms with E-state index in [1.807, 2.05) is 12.1 Å². The van der Waals surface area contributed by atoms with Crippen LogP contribution in [0.5, 0.6) is 0 Å². The molecule has 1 N–H and O–H groups in total. The van der Waals surface area contributed by atoms with E-state index in [0.29, 0.717) is 43.6 Å². The van der Waals surface area contributed by atoms with Gasteiger partial charge in [0.1, 0.15) is 0 Å². The van der Waals surface area contributed by atoms with Crippen LogP contribution in [0.4, 0.5) is 0 Å². The Hall–Kier alpha value is -2.21. The van der Waals surface area contributed by atoms with Gasteiger partial charge >= 0.3 is 0 Å². The molecule has 0 aliphatic carbocycles. The predicted octanol–water partition coefficient (Wildman–Crippen LogP) is 2.95. The molecule has 1 heterocycles. The third kappa shape index (κ3) is 5.45. The lowest BCUT2D eigenvalue weighted by atomic mass is 10.0. The zero-order chi connectivity index (χ0) is 17.4. The van der Waals surface area contributed by atoms with Crippen molar-refractivity contribution < 1.29 is 14.1 Å². The number of hydrogen-bond acceptors (Lipinski definition) is 5. The number of hydrogen-bond donors (Lipinski definition) is 1. The molecule has 0 spiro atoms. The number of ether oxygens (including phenoxy) is 1. The highest BCUT2D eigenvalue weighted by Gasteiger charge is 2.11. The minimum absolute atomic E-state index is 0.0212. The lowest BCUT2D eigenvalue weighted by Crippen LogP contribution is -2.25. The Bertz CT molecular complexity index is 635. The van der Waals surface area contributed by atoms with E-state index in [2.05, 4.69) is 41.4 Å². The van der Waals surface area contributed by atoms with Crippen molar-refractivity contribution in [2.45, 2.75) is 39.0 Å². The second kappa shape index (κ2) is 9.17. The molecule has 0 saturated carbocycles. The molecular formula is C18H25N3O3. The van der Waals surface area contributed by atoms with Gasteiger partial charge in [0.05, 0.1) is 0 Å². The van der Waals surface area contributed by atoms with Gasteiger partial charge in [-0.15, -0.1) is 0 Å². The Balaban J connectivity index is 1.83. The van der Waals surface area contributed by atoms with Crippen molar-refractivity contribution in [1.82, 2.24) is 15.5 Å². The summed E-state index contributed by atoms with van der Waals surface area (Å²) in [6, 6.07) is 8.13. The van der Waals surface area contributed by atoms with Crippen molar-refractivity contribution >= 4 is 5.91 Å². The molecule has 1 aromatic carbocycles. The van der Waals surface area contributed by atoms with Gasteiger partial charge in [-0.1, -0.05) is 43.3 Å². The fourth-order valence-corrected chi connectivity index (χ4v) is 2.24. The Kier molecular flexibility index (Phi) is 6.93. The average molecular weight is 331 g/mol. The molecule has 0 fully saturated rings. The van der Waals surface area contributed by atoms with Crippen molar-refractivity contribution in [2.24, 2.45) is 0 Å². The Morgan fingerprint density at radius 1 is 1.29 bits per heavy atom.